The Morgan fingerprint density at radius 2 is 2.00 bits per heavy atom. The molecule has 0 bridgehead atoms. The molecule has 0 spiro atoms. The van der Waals surface area contributed by atoms with Crippen LogP contribution in [0, 0.1) is 0 Å². The molecular formula is C12H19N3O3. The van der Waals surface area contributed by atoms with Crippen LogP contribution >= 0.6 is 0 Å². The summed E-state index contributed by atoms with van der Waals surface area (Å²) in [6.07, 6.45) is 4.17. The highest BCUT2D eigenvalue weighted by Gasteiger charge is 2.42. The lowest BCUT2D eigenvalue weighted by Gasteiger charge is -2.22. The zero-order valence-electron chi connectivity index (χ0n) is 10.6. The second-order valence-electron chi connectivity index (χ2n) is 4.85. The van der Waals surface area contributed by atoms with Crippen molar-refractivity contribution in [2.24, 2.45) is 0 Å². The van der Waals surface area contributed by atoms with Crippen molar-refractivity contribution in [3.05, 3.63) is 0 Å². The summed E-state index contributed by atoms with van der Waals surface area (Å²) in [5.74, 6) is -0.466. The molecule has 1 atom stereocenters. The largest absolute Gasteiger partial charge is 0.358 e. The average Bonchev–Trinajstić information content (AvgIpc) is 2.95. The lowest BCUT2D eigenvalue weighted by atomic mass is 10.2. The van der Waals surface area contributed by atoms with Gasteiger partial charge in [0.25, 0.3) is 0 Å². The third-order valence-corrected chi connectivity index (χ3v) is 3.66. The number of carbonyl (C=O) groups excluding carboxylic acids is 3. The van der Waals surface area contributed by atoms with Gasteiger partial charge in [0.15, 0.2) is 0 Å². The zero-order chi connectivity index (χ0) is 13.1. The van der Waals surface area contributed by atoms with Crippen LogP contribution in [0.1, 0.15) is 32.1 Å². The fraction of sp³-hybridized carbons (Fsp3) is 0.750. The number of amides is 3. The number of hydrogen-bond acceptors (Lipinski definition) is 4. The van der Waals surface area contributed by atoms with Crippen LogP contribution in [0.3, 0.4) is 0 Å². The van der Waals surface area contributed by atoms with Gasteiger partial charge in [0.2, 0.25) is 17.7 Å². The molecule has 0 radical (unpaired) electrons. The molecule has 1 saturated heterocycles. The van der Waals surface area contributed by atoms with Gasteiger partial charge in [0.1, 0.15) is 0 Å². The first-order valence-corrected chi connectivity index (χ1v) is 6.43. The molecule has 0 aromatic rings. The molecule has 0 aromatic heterocycles. The minimum absolute atomic E-state index is 0.0681. The first kappa shape index (κ1) is 13.0. The summed E-state index contributed by atoms with van der Waals surface area (Å²) in [6, 6.07) is -0.452. The van der Waals surface area contributed by atoms with E-state index in [0.29, 0.717) is 0 Å². The van der Waals surface area contributed by atoms with Gasteiger partial charge < -0.3 is 5.32 Å². The van der Waals surface area contributed by atoms with Gasteiger partial charge in [-0.1, -0.05) is 12.8 Å². The molecule has 1 heterocycles. The number of hydrogen-bond donors (Lipinski definition) is 2. The molecule has 2 rings (SSSR count). The van der Waals surface area contributed by atoms with Crippen LogP contribution in [0.25, 0.3) is 0 Å². The van der Waals surface area contributed by atoms with Gasteiger partial charge in [-0.05, 0) is 12.8 Å². The number of imide groups is 1. The van der Waals surface area contributed by atoms with Gasteiger partial charge in [0.05, 0.1) is 19.0 Å². The maximum Gasteiger partial charge on any atom is 0.247 e. The minimum atomic E-state index is -0.532. The summed E-state index contributed by atoms with van der Waals surface area (Å²) in [6.45, 7) is 0.0681. The van der Waals surface area contributed by atoms with Crippen LogP contribution < -0.4 is 10.6 Å². The van der Waals surface area contributed by atoms with E-state index in [0.717, 1.165) is 25.7 Å². The SMILES string of the molecule is CNC(=O)CNC1CC(=O)N(C2CCCC2)C1=O. The normalized spacial score (nSPS) is 24.9. The van der Waals surface area contributed by atoms with Crippen LogP contribution in [0.15, 0.2) is 0 Å². The Morgan fingerprint density at radius 3 is 2.61 bits per heavy atom. The smallest absolute Gasteiger partial charge is 0.247 e. The monoisotopic (exact) mass is 253 g/mol. The Bertz CT molecular complexity index is 364. The summed E-state index contributed by atoms with van der Waals surface area (Å²) in [5.41, 5.74) is 0. The predicted octanol–water partition coefficient (Wildman–Crippen LogP) is -0.608. The quantitative estimate of drug-likeness (QED) is 0.655. The van der Waals surface area contributed by atoms with E-state index in [9.17, 15) is 14.4 Å². The molecule has 2 aliphatic rings. The highest BCUT2D eigenvalue weighted by atomic mass is 16.2. The van der Waals surface area contributed by atoms with E-state index in [1.165, 1.54) is 11.9 Å². The van der Waals surface area contributed by atoms with Crippen molar-refractivity contribution < 1.29 is 14.4 Å². The second kappa shape index (κ2) is 5.48. The summed E-state index contributed by atoms with van der Waals surface area (Å²) >= 11 is 0. The molecule has 1 saturated carbocycles. The molecule has 18 heavy (non-hydrogen) atoms. The first-order valence-electron chi connectivity index (χ1n) is 6.43. The molecule has 1 unspecified atom stereocenters. The first-order chi connectivity index (χ1) is 8.63. The van der Waals surface area contributed by atoms with Gasteiger partial charge in [-0.3, -0.25) is 24.6 Å². The lowest BCUT2D eigenvalue weighted by molar-refractivity contribution is -0.141. The minimum Gasteiger partial charge on any atom is -0.358 e. The molecule has 1 aliphatic heterocycles. The maximum atomic E-state index is 12.1. The van der Waals surface area contributed by atoms with E-state index in [-0.39, 0.29) is 36.7 Å². The summed E-state index contributed by atoms with van der Waals surface area (Å²) in [4.78, 5) is 36.5. The fourth-order valence-electron chi connectivity index (χ4n) is 2.66. The van der Waals surface area contributed by atoms with Gasteiger partial charge in [-0.15, -0.1) is 0 Å². The molecule has 6 nitrogen and oxygen atoms in total. The number of nitrogens with one attached hydrogen (secondary N) is 2. The standard InChI is InChI=1S/C12H19N3O3/c1-13-10(16)7-14-9-6-11(17)15(12(9)18)8-4-2-3-5-8/h8-9,14H,2-7H2,1H3,(H,13,16). The topological polar surface area (TPSA) is 78.5 Å². The van der Waals surface area contributed by atoms with Gasteiger partial charge >= 0.3 is 0 Å². The molecule has 2 N–H and O–H groups in total. The molecule has 0 aromatic carbocycles. The van der Waals surface area contributed by atoms with Crippen molar-refractivity contribution in [1.29, 1.82) is 0 Å². The van der Waals surface area contributed by atoms with E-state index in [1.54, 1.807) is 0 Å². The summed E-state index contributed by atoms with van der Waals surface area (Å²) in [7, 11) is 1.54. The van der Waals surface area contributed by atoms with Crippen molar-refractivity contribution in [3.63, 3.8) is 0 Å². The summed E-state index contributed by atoms with van der Waals surface area (Å²) < 4.78 is 0. The Kier molecular flexibility index (Phi) is 3.96. The van der Waals surface area contributed by atoms with Crippen molar-refractivity contribution in [1.82, 2.24) is 15.5 Å². The molecule has 6 heteroatoms. The van der Waals surface area contributed by atoms with E-state index < -0.39 is 6.04 Å². The number of nitrogens with zero attached hydrogens (tertiary/aromatic N) is 1. The highest BCUT2D eigenvalue weighted by molar-refractivity contribution is 6.06. The third kappa shape index (κ3) is 2.53. The van der Waals surface area contributed by atoms with E-state index >= 15 is 0 Å². The van der Waals surface area contributed by atoms with Crippen LogP contribution in [0.2, 0.25) is 0 Å². The van der Waals surface area contributed by atoms with Crippen LogP contribution in [-0.2, 0) is 14.4 Å². The third-order valence-electron chi connectivity index (χ3n) is 3.66. The average molecular weight is 253 g/mol. The van der Waals surface area contributed by atoms with Crippen LogP contribution in [0.5, 0.6) is 0 Å². The summed E-state index contributed by atoms with van der Waals surface area (Å²) in [5, 5.41) is 5.31. The molecule has 1 aliphatic carbocycles. The van der Waals surface area contributed by atoms with Crippen LogP contribution in [0.4, 0.5) is 0 Å². The van der Waals surface area contributed by atoms with Crippen LogP contribution in [-0.4, -0.2) is 48.3 Å². The maximum absolute atomic E-state index is 12.1. The number of likely N-dealkylation sites (N-methyl/N-ethyl adjacent to an activating group) is 1. The van der Waals surface area contributed by atoms with Crippen molar-refractivity contribution >= 4 is 17.7 Å². The molecule has 100 valence electrons. The van der Waals surface area contributed by atoms with Crippen molar-refractivity contribution in [2.45, 2.75) is 44.2 Å². The predicted molar refractivity (Wildman–Crippen MR) is 64.6 cm³/mol. The zero-order valence-corrected chi connectivity index (χ0v) is 10.6. The molecule has 3 amide bonds. The Morgan fingerprint density at radius 1 is 1.33 bits per heavy atom. The van der Waals surface area contributed by atoms with E-state index in [2.05, 4.69) is 10.6 Å². The van der Waals surface area contributed by atoms with Crippen molar-refractivity contribution in [2.75, 3.05) is 13.6 Å². The number of rotatable bonds is 4. The number of likely N-dealkylation sites (tertiary alicyclic amines) is 1. The Balaban J connectivity index is 1.93. The molecule has 2 fully saturated rings. The number of carbonyl (C=O) groups is 3. The van der Waals surface area contributed by atoms with E-state index in [1.807, 2.05) is 0 Å². The fourth-order valence-corrected chi connectivity index (χ4v) is 2.66. The van der Waals surface area contributed by atoms with E-state index in [4.69, 9.17) is 0 Å². The second-order valence-corrected chi connectivity index (χ2v) is 4.85. The van der Waals surface area contributed by atoms with Gasteiger partial charge in [0, 0.05) is 13.1 Å². The molecular weight excluding hydrogens is 234 g/mol. The Hall–Kier alpha value is -1.43. The lowest BCUT2D eigenvalue weighted by Crippen LogP contribution is -2.45. The van der Waals surface area contributed by atoms with Gasteiger partial charge in [-0.2, -0.15) is 0 Å². The Labute approximate surface area is 106 Å². The highest BCUT2D eigenvalue weighted by Crippen LogP contribution is 2.27. The van der Waals surface area contributed by atoms with Gasteiger partial charge in [-0.25, -0.2) is 0 Å². The van der Waals surface area contributed by atoms with Crippen molar-refractivity contribution in [3.8, 4) is 0 Å².